The first kappa shape index (κ1) is 12.0. The third kappa shape index (κ3) is 3.21. The lowest BCUT2D eigenvalue weighted by Gasteiger charge is -2.05. The van der Waals surface area contributed by atoms with Crippen LogP contribution in [0.5, 0.6) is 0 Å². The quantitative estimate of drug-likeness (QED) is 0.690. The number of aliphatic hydroxyl groups is 1. The van der Waals surface area contributed by atoms with Gasteiger partial charge in [0.15, 0.2) is 0 Å². The summed E-state index contributed by atoms with van der Waals surface area (Å²) < 4.78 is 8.37. The van der Waals surface area contributed by atoms with E-state index in [0.29, 0.717) is 19.8 Å². The van der Waals surface area contributed by atoms with Crippen molar-refractivity contribution in [3.63, 3.8) is 0 Å². The lowest BCUT2D eigenvalue weighted by atomic mass is 10.4. The SMILES string of the molecule is CC(C)n1ccn(CCOCCO)c1=O. The van der Waals surface area contributed by atoms with Crippen molar-refractivity contribution in [3.8, 4) is 0 Å². The molecule has 0 aliphatic rings. The Morgan fingerprint density at radius 3 is 2.67 bits per heavy atom. The van der Waals surface area contributed by atoms with Gasteiger partial charge in [0.1, 0.15) is 0 Å². The molecule has 86 valence electrons. The van der Waals surface area contributed by atoms with Gasteiger partial charge in [-0.05, 0) is 13.8 Å². The molecular weight excluding hydrogens is 196 g/mol. The van der Waals surface area contributed by atoms with E-state index in [2.05, 4.69) is 0 Å². The minimum absolute atomic E-state index is 0.0158. The third-order valence-corrected chi connectivity index (χ3v) is 2.14. The zero-order valence-electron chi connectivity index (χ0n) is 9.22. The molecule has 0 spiro atoms. The predicted molar refractivity (Wildman–Crippen MR) is 57.0 cm³/mol. The van der Waals surface area contributed by atoms with Crippen molar-refractivity contribution >= 4 is 0 Å². The fourth-order valence-electron chi connectivity index (χ4n) is 1.32. The number of aliphatic hydroxyl groups excluding tert-OH is 1. The molecule has 0 atom stereocenters. The number of rotatable bonds is 6. The van der Waals surface area contributed by atoms with Crippen molar-refractivity contribution in [1.29, 1.82) is 0 Å². The molecule has 1 aromatic rings. The summed E-state index contributed by atoms with van der Waals surface area (Å²) in [4.78, 5) is 11.7. The van der Waals surface area contributed by atoms with Gasteiger partial charge in [0.25, 0.3) is 0 Å². The smallest absolute Gasteiger partial charge is 0.328 e. The molecule has 15 heavy (non-hydrogen) atoms. The van der Waals surface area contributed by atoms with Crippen LogP contribution in [0.4, 0.5) is 0 Å². The van der Waals surface area contributed by atoms with E-state index in [4.69, 9.17) is 9.84 Å². The third-order valence-electron chi connectivity index (χ3n) is 2.14. The molecule has 0 saturated heterocycles. The number of aromatic nitrogens is 2. The summed E-state index contributed by atoms with van der Waals surface area (Å²) in [5, 5.41) is 8.50. The van der Waals surface area contributed by atoms with Gasteiger partial charge in [0, 0.05) is 18.4 Å². The summed E-state index contributed by atoms with van der Waals surface area (Å²) in [5.74, 6) is 0. The van der Waals surface area contributed by atoms with E-state index in [1.807, 2.05) is 13.8 Å². The van der Waals surface area contributed by atoms with Crippen LogP contribution in [0.1, 0.15) is 19.9 Å². The lowest BCUT2D eigenvalue weighted by Crippen LogP contribution is -2.26. The monoisotopic (exact) mass is 214 g/mol. The van der Waals surface area contributed by atoms with Gasteiger partial charge >= 0.3 is 5.69 Å². The highest BCUT2D eigenvalue weighted by molar-refractivity contribution is 4.83. The molecule has 1 rings (SSSR count). The number of nitrogens with zero attached hydrogens (tertiary/aromatic N) is 2. The van der Waals surface area contributed by atoms with Gasteiger partial charge in [0.05, 0.1) is 26.4 Å². The summed E-state index contributed by atoms with van der Waals surface area (Å²) in [6.07, 6.45) is 3.53. The Hall–Kier alpha value is -1.07. The van der Waals surface area contributed by atoms with Crippen LogP contribution in [-0.4, -0.2) is 34.1 Å². The van der Waals surface area contributed by atoms with Crippen LogP contribution in [0, 0.1) is 0 Å². The number of hydrogen-bond acceptors (Lipinski definition) is 3. The summed E-state index contributed by atoms with van der Waals surface area (Å²) >= 11 is 0. The molecule has 0 fully saturated rings. The number of ether oxygens (including phenoxy) is 1. The maximum Gasteiger partial charge on any atom is 0.328 e. The van der Waals surface area contributed by atoms with Gasteiger partial charge in [-0.25, -0.2) is 4.79 Å². The molecule has 0 bridgehead atoms. The van der Waals surface area contributed by atoms with Gasteiger partial charge in [-0.15, -0.1) is 0 Å². The standard InChI is InChI=1S/C10H18N2O3/c1-9(2)12-4-3-11(10(12)14)5-7-15-8-6-13/h3-4,9,13H,5-8H2,1-2H3. The largest absolute Gasteiger partial charge is 0.394 e. The second kappa shape index (κ2) is 5.72. The van der Waals surface area contributed by atoms with E-state index in [1.165, 1.54) is 0 Å². The molecule has 0 aromatic carbocycles. The van der Waals surface area contributed by atoms with Crippen LogP contribution >= 0.6 is 0 Å². The van der Waals surface area contributed by atoms with Gasteiger partial charge < -0.3 is 9.84 Å². The topological polar surface area (TPSA) is 56.4 Å². The summed E-state index contributed by atoms with van der Waals surface area (Å²) in [6.45, 7) is 5.24. The molecule has 1 aromatic heterocycles. The normalized spacial score (nSPS) is 11.2. The molecule has 0 radical (unpaired) electrons. The van der Waals surface area contributed by atoms with E-state index < -0.39 is 0 Å². The molecule has 0 amide bonds. The van der Waals surface area contributed by atoms with Crippen LogP contribution in [0.15, 0.2) is 17.2 Å². The lowest BCUT2D eigenvalue weighted by molar-refractivity contribution is 0.0864. The van der Waals surface area contributed by atoms with Gasteiger partial charge in [-0.1, -0.05) is 0 Å². The van der Waals surface area contributed by atoms with E-state index in [9.17, 15) is 4.79 Å². The second-order valence-corrected chi connectivity index (χ2v) is 3.61. The Kier molecular flexibility index (Phi) is 4.58. The molecule has 1 N–H and O–H groups in total. The van der Waals surface area contributed by atoms with Crippen molar-refractivity contribution in [2.75, 3.05) is 19.8 Å². The highest BCUT2D eigenvalue weighted by atomic mass is 16.5. The second-order valence-electron chi connectivity index (χ2n) is 3.61. The predicted octanol–water partition coefficient (Wildman–Crippen LogP) is 0.240. The summed E-state index contributed by atoms with van der Waals surface area (Å²) in [5.41, 5.74) is -0.0161. The van der Waals surface area contributed by atoms with Crippen molar-refractivity contribution in [1.82, 2.24) is 9.13 Å². The Balaban J connectivity index is 2.52. The first-order valence-corrected chi connectivity index (χ1v) is 5.12. The number of hydrogen-bond donors (Lipinski definition) is 1. The molecule has 0 saturated carbocycles. The Morgan fingerprint density at radius 2 is 2.13 bits per heavy atom. The first-order valence-electron chi connectivity index (χ1n) is 5.12. The minimum Gasteiger partial charge on any atom is -0.394 e. The summed E-state index contributed by atoms with van der Waals surface area (Å²) in [7, 11) is 0. The minimum atomic E-state index is -0.0161. The molecule has 0 unspecified atom stereocenters. The van der Waals surface area contributed by atoms with Gasteiger partial charge in [0.2, 0.25) is 0 Å². The van der Waals surface area contributed by atoms with Gasteiger partial charge in [-0.3, -0.25) is 9.13 Å². The highest BCUT2D eigenvalue weighted by Crippen LogP contribution is 1.98. The zero-order chi connectivity index (χ0) is 11.3. The molecule has 5 nitrogen and oxygen atoms in total. The average molecular weight is 214 g/mol. The number of imidazole rings is 1. The Labute approximate surface area is 88.9 Å². The van der Waals surface area contributed by atoms with Crippen LogP contribution in [-0.2, 0) is 11.3 Å². The van der Waals surface area contributed by atoms with Crippen molar-refractivity contribution < 1.29 is 9.84 Å². The van der Waals surface area contributed by atoms with Crippen LogP contribution in [0.25, 0.3) is 0 Å². The average Bonchev–Trinajstić information content (AvgIpc) is 2.55. The van der Waals surface area contributed by atoms with E-state index in [1.54, 1.807) is 21.5 Å². The van der Waals surface area contributed by atoms with Crippen LogP contribution in [0.3, 0.4) is 0 Å². The fraction of sp³-hybridized carbons (Fsp3) is 0.700. The van der Waals surface area contributed by atoms with Crippen molar-refractivity contribution in [3.05, 3.63) is 22.9 Å². The Morgan fingerprint density at radius 1 is 1.40 bits per heavy atom. The van der Waals surface area contributed by atoms with Gasteiger partial charge in [-0.2, -0.15) is 0 Å². The van der Waals surface area contributed by atoms with Crippen LogP contribution < -0.4 is 5.69 Å². The van der Waals surface area contributed by atoms with Crippen molar-refractivity contribution in [2.24, 2.45) is 0 Å². The molecule has 5 heteroatoms. The molecule has 0 aliphatic carbocycles. The first-order chi connectivity index (χ1) is 7.16. The Bertz CT molecular complexity index is 341. The molecule has 0 aliphatic heterocycles. The maximum atomic E-state index is 11.7. The summed E-state index contributed by atoms with van der Waals surface area (Å²) in [6, 6.07) is 0.178. The molecule has 1 heterocycles. The van der Waals surface area contributed by atoms with E-state index in [-0.39, 0.29) is 18.3 Å². The molecular formula is C10H18N2O3. The van der Waals surface area contributed by atoms with E-state index >= 15 is 0 Å². The van der Waals surface area contributed by atoms with Crippen LogP contribution in [0.2, 0.25) is 0 Å². The van der Waals surface area contributed by atoms with E-state index in [0.717, 1.165) is 0 Å². The maximum absolute atomic E-state index is 11.7. The van der Waals surface area contributed by atoms with Crippen molar-refractivity contribution in [2.45, 2.75) is 26.4 Å². The highest BCUT2D eigenvalue weighted by Gasteiger charge is 2.05. The fourth-order valence-corrected chi connectivity index (χ4v) is 1.32. The zero-order valence-corrected chi connectivity index (χ0v) is 9.22.